The number of aromatic nitrogens is 4. The van der Waals surface area contributed by atoms with Gasteiger partial charge in [0.05, 0.1) is 0 Å². The Kier molecular flexibility index (Phi) is 3.48. The van der Waals surface area contributed by atoms with Crippen molar-refractivity contribution in [2.24, 2.45) is 5.92 Å². The van der Waals surface area contributed by atoms with Gasteiger partial charge in [0, 0.05) is 13.1 Å². The Labute approximate surface area is 115 Å². The summed E-state index contributed by atoms with van der Waals surface area (Å²) in [7, 11) is 0. The summed E-state index contributed by atoms with van der Waals surface area (Å²) in [6, 6.07) is 3.77. The second-order valence-corrected chi connectivity index (χ2v) is 5.99. The first kappa shape index (κ1) is 12.6. The fourth-order valence-corrected chi connectivity index (χ4v) is 2.95. The van der Waals surface area contributed by atoms with Gasteiger partial charge in [-0.2, -0.15) is 9.36 Å². The smallest absolute Gasteiger partial charge is 0.284 e. The van der Waals surface area contributed by atoms with Crippen LogP contribution < -0.4 is 5.69 Å². The van der Waals surface area contributed by atoms with Gasteiger partial charge in [-0.05, 0) is 46.7 Å². The third kappa shape index (κ3) is 2.62. The van der Waals surface area contributed by atoms with Crippen molar-refractivity contribution >= 4 is 11.3 Å². The molecule has 6 nitrogen and oxygen atoms in total. The van der Waals surface area contributed by atoms with Crippen molar-refractivity contribution in [1.82, 2.24) is 24.7 Å². The van der Waals surface area contributed by atoms with E-state index in [1.54, 1.807) is 0 Å². The third-order valence-electron chi connectivity index (χ3n) is 3.56. The van der Waals surface area contributed by atoms with Crippen LogP contribution in [0.25, 0.3) is 5.00 Å². The van der Waals surface area contributed by atoms with Gasteiger partial charge in [-0.15, -0.1) is 11.3 Å². The Bertz CT molecular complexity index is 580. The fourth-order valence-electron chi connectivity index (χ4n) is 2.28. The van der Waals surface area contributed by atoms with Gasteiger partial charge in [-0.1, -0.05) is 6.92 Å². The van der Waals surface area contributed by atoms with Crippen molar-refractivity contribution in [2.45, 2.75) is 26.4 Å². The SMILES string of the molecule is CC1CCN(Cn2nnn(-c3cccs3)c2=O)CC1. The molecule has 0 amide bonds. The van der Waals surface area contributed by atoms with Gasteiger partial charge in [0.1, 0.15) is 11.7 Å². The number of piperidine rings is 1. The molecule has 1 fully saturated rings. The summed E-state index contributed by atoms with van der Waals surface area (Å²) in [4.78, 5) is 14.4. The summed E-state index contributed by atoms with van der Waals surface area (Å²) >= 11 is 1.48. The molecule has 102 valence electrons. The predicted octanol–water partition coefficient (Wildman–Crippen LogP) is 1.18. The Hall–Kier alpha value is -1.47. The van der Waals surface area contributed by atoms with Gasteiger partial charge in [0.15, 0.2) is 0 Å². The maximum absolute atomic E-state index is 12.2. The average Bonchev–Trinajstić information content (AvgIpc) is 3.03. The highest BCUT2D eigenvalue weighted by Crippen LogP contribution is 2.16. The Morgan fingerprint density at radius 3 is 2.84 bits per heavy atom. The molecule has 1 aliphatic rings. The van der Waals surface area contributed by atoms with Gasteiger partial charge >= 0.3 is 5.69 Å². The maximum Gasteiger partial charge on any atom is 0.370 e. The van der Waals surface area contributed by atoms with E-state index in [0.29, 0.717) is 6.67 Å². The highest BCUT2D eigenvalue weighted by atomic mass is 32.1. The molecular weight excluding hydrogens is 262 g/mol. The molecular formula is C12H17N5OS. The fraction of sp³-hybridized carbons (Fsp3) is 0.583. The number of tetrazole rings is 1. The summed E-state index contributed by atoms with van der Waals surface area (Å²) in [5.41, 5.74) is -0.166. The first-order valence-electron chi connectivity index (χ1n) is 6.53. The van der Waals surface area contributed by atoms with Crippen LogP contribution in [0.15, 0.2) is 22.3 Å². The van der Waals surface area contributed by atoms with Gasteiger partial charge in [0.2, 0.25) is 0 Å². The molecule has 0 aromatic carbocycles. The molecule has 2 aromatic rings. The van der Waals surface area contributed by atoms with Gasteiger partial charge in [0.25, 0.3) is 0 Å². The van der Waals surface area contributed by atoms with E-state index < -0.39 is 0 Å². The molecule has 0 N–H and O–H groups in total. The zero-order chi connectivity index (χ0) is 13.2. The van der Waals surface area contributed by atoms with Crippen molar-refractivity contribution in [2.75, 3.05) is 13.1 Å². The van der Waals surface area contributed by atoms with E-state index in [1.165, 1.54) is 33.5 Å². The van der Waals surface area contributed by atoms with E-state index in [0.717, 1.165) is 24.0 Å². The summed E-state index contributed by atoms with van der Waals surface area (Å²) in [5.74, 6) is 0.787. The first-order chi connectivity index (χ1) is 9.24. The molecule has 0 unspecified atom stereocenters. The van der Waals surface area contributed by atoms with Crippen LogP contribution in [-0.4, -0.2) is 37.8 Å². The van der Waals surface area contributed by atoms with Crippen LogP contribution in [0.5, 0.6) is 0 Å². The minimum Gasteiger partial charge on any atom is -0.284 e. The standard InChI is InChI=1S/C12H17N5OS/c1-10-4-6-15(7-5-10)9-16-12(18)17(14-13-16)11-3-2-8-19-11/h2-3,8,10H,4-7,9H2,1H3. The van der Waals surface area contributed by atoms with E-state index in [9.17, 15) is 4.79 Å². The molecule has 7 heteroatoms. The van der Waals surface area contributed by atoms with Gasteiger partial charge < -0.3 is 0 Å². The van der Waals surface area contributed by atoms with E-state index in [-0.39, 0.29) is 5.69 Å². The number of hydrogen-bond acceptors (Lipinski definition) is 5. The molecule has 0 atom stereocenters. The number of rotatable bonds is 3. The molecule has 0 saturated carbocycles. The van der Waals surface area contributed by atoms with E-state index >= 15 is 0 Å². The predicted molar refractivity (Wildman–Crippen MR) is 73.5 cm³/mol. The van der Waals surface area contributed by atoms with Crippen LogP contribution in [-0.2, 0) is 6.67 Å². The van der Waals surface area contributed by atoms with Gasteiger partial charge in [-0.25, -0.2) is 4.79 Å². The molecule has 19 heavy (non-hydrogen) atoms. The normalized spacial score (nSPS) is 17.9. The molecule has 3 rings (SSSR count). The highest BCUT2D eigenvalue weighted by Gasteiger charge is 2.18. The number of thiophene rings is 1. The Morgan fingerprint density at radius 1 is 1.37 bits per heavy atom. The summed E-state index contributed by atoms with van der Waals surface area (Å²) in [6.07, 6.45) is 2.38. The topological polar surface area (TPSA) is 56.0 Å². The van der Waals surface area contributed by atoms with Crippen molar-refractivity contribution in [1.29, 1.82) is 0 Å². The van der Waals surface area contributed by atoms with Crippen LogP contribution >= 0.6 is 11.3 Å². The lowest BCUT2D eigenvalue weighted by atomic mass is 10.00. The minimum atomic E-state index is -0.166. The molecule has 0 radical (unpaired) electrons. The molecule has 0 spiro atoms. The monoisotopic (exact) mass is 279 g/mol. The second-order valence-electron chi connectivity index (χ2n) is 5.07. The lowest BCUT2D eigenvalue weighted by molar-refractivity contribution is 0.144. The van der Waals surface area contributed by atoms with Crippen molar-refractivity contribution in [3.05, 3.63) is 28.0 Å². The largest absolute Gasteiger partial charge is 0.370 e. The third-order valence-corrected chi connectivity index (χ3v) is 4.41. The second kappa shape index (κ2) is 5.26. The lowest BCUT2D eigenvalue weighted by Crippen LogP contribution is -2.38. The number of nitrogens with zero attached hydrogens (tertiary/aromatic N) is 5. The van der Waals surface area contributed by atoms with Crippen LogP contribution in [0.1, 0.15) is 19.8 Å². The number of hydrogen-bond donors (Lipinski definition) is 0. The zero-order valence-electron chi connectivity index (χ0n) is 10.9. The molecule has 0 aliphatic carbocycles. The van der Waals surface area contributed by atoms with Crippen molar-refractivity contribution in [3.8, 4) is 5.00 Å². The summed E-state index contributed by atoms with van der Waals surface area (Å²) in [5, 5.41) is 10.6. The van der Waals surface area contributed by atoms with Crippen LogP contribution in [0.4, 0.5) is 0 Å². The summed E-state index contributed by atoms with van der Waals surface area (Å²) < 4.78 is 2.80. The first-order valence-corrected chi connectivity index (χ1v) is 7.41. The Balaban J connectivity index is 1.74. The molecule has 1 saturated heterocycles. The van der Waals surface area contributed by atoms with Crippen LogP contribution in [0.3, 0.4) is 0 Å². The van der Waals surface area contributed by atoms with Gasteiger partial charge in [-0.3, -0.25) is 4.90 Å². The number of likely N-dealkylation sites (tertiary alicyclic amines) is 1. The van der Waals surface area contributed by atoms with Crippen LogP contribution in [0.2, 0.25) is 0 Å². The van der Waals surface area contributed by atoms with E-state index in [2.05, 4.69) is 22.3 Å². The van der Waals surface area contributed by atoms with Crippen molar-refractivity contribution in [3.63, 3.8) is 0 Å². The lowest BCUT2D eigenvalue weighted by Gasteiger charge is -2.29. The Morgan fingerprint density at radius 2 is 2.16 bits per heavy atom. The van der Waals surface area contributed by atoms with Crippen molar-refractivity contribution < 1.29 is 0 Å². The van der Waals surface area contributed by atoms with E-state index in [1.807, 2.05) is 17.5 Å². The minimum absolute atomic E-state index is 0.166. The average molecular weight is 279 g/mol. The van der Waals surface area contributed by atoms with E-state index in [4.69, 9.17) is 0 Å². The zero-order valence-corrected chi connectivity index (χ0v) is 11.7. The molecule has 3 heterocycles. The molecule has 0 bridgehead atoms. The summed E-state index contributed by atoms with van der Waals surface area (Å²) in [6.45, 7) is 4.87. The van der Waals surface area contributed by atoms with Crippen LogP contribution in [0, 0.1) is 5.92 Å². The highest BCUT2D eigenvalue weighted by molar-refractivity contribution is 7.12. The quantitative estimate of drug-likeness (QED) is 0.846. The molecule has 1 aliphatic heterocycles. The molecule has 2 aromatic heterocycles. The maximum atomic E-state index is 12.2.